The highest BCUT2D eigenvalue weighted by atomic mass is 32.1. The molecule has 4 N–H and O–H groups in total. The molecule has 1 saturated carbocycles. The monoisotopic (exact) mass is 341 g/mol. The molecule has 0 atom stereocenters. The fraction of sp³-hybridized carbons (Fsp3) is 0.588. The van der Waals surface area contributed by atoms with E-state index in [4.69, 9.17) is 15.9 Å². The molecule has 2 aromatic rings. The van der Waals surface area contributed by atoms with Crippen LogP contribution in [0.1, 0.15) is 46.0 Å². The second-order valence-corrected chi connectivity index (χ2v) is 7.03. The quantitative estimate of drug-likeness (QED) is 0.672. The average Bonchev–Trinajstić information content (AvgIpc) is 2.87. The summed E-state index contributed by atoms with van der Waals surface area (Å²) in [5, 5.41) is 0.528. The van der Waals surface area contributed by atoms with Crippen molar-refractivity contribution in [2.75, 3.05) is 12.3 Å². The van der Waals surface area contributed by atoms with Gasteiger partial charge in [0.25, 0.3) is 6.01 Å². The minimum Gasteiger partial charge on any atom is -0.424 e. The molecule has 1 heterocycles. The summed E-state index contributed by atoms with van der Waals surface area (Å²) in [6, 6.07) is 4.13. The first kappa shape index (κ1) is 19.8. The van der Waals surface area contributed by atoms with Crippen molar-refractivity contribution in [3.63, 3.8) is 0 Å². The first-order chi connectivity index (χ1) is 10.9. The number of nitrogens with zero attached hydrogens (tertiary/aromatic N) is 1. The lowest BCUT2D eigenvalue weighted by atomic mass is 9.90. The third-order valence-corrected chi connectivity index (χ3v) is 3.42. The minimum atomic E-state index is -0.342. The van der Waals surface area contributed by atoms with Gasteiger partial charge in [0.2, 0.25) is 0 Å². The number of thiol groups is 1. The number of anilines is 1. The van der Waals surface area contributed by atoms with Crippen LogP contribution in [-0.2, 0) is 0 Å². The van der Waals surface area contributed by atoms with Crippen LogP contribution in [0.15, 0.2) is 22.6 Å². The molecule has 0 radical (unpaired) electrons. The number of rotatable bonds is 1. The predicted molar refractivity (Wildman–Crippen MR) is 98.1 cm³/mol. The summed E-state index contributed by atoms with van der Waals surface area (Å²) in [5.74, 6) is 0.523. The fourth-order valence-electron chi connectivity index (χ4n) is 2.34. The molecule has 0 bridgehead atoms. The van der Waals surface area contributed by atoms with Crippen molar-refractivity contribution in [1.82, 2.24) is 4.98 Å². The van der Waals surface area contributed by atoms with E-state index in [0.29, 0.717) is 16.3 Å². The van der Waals surface area contributed by atoms with Gasteiger partial charge < -0.3 is 15.9 Å². The molecule has 1 fully saturated rings. The van der Waals surface area contributed by atoms with Gasteiger partial charge in [-0.1, -0.05) is 33.1 Å². The Hall–Kier alpha value is -1.27. The molecule has 1 aliphatic rings. The number of hydrogen-bond donors (Lipinski definition) is 3. The summed E-state index contributed by atoms with van der Waals surface area (Å²) in [7, 11) is 0. The smallest absolute Gasteiger partial charge is 0.292 e. The maximum atomic E-state index is 12.5. The van der Waals surface area contributed by atoms with Gasteiger partial charge in [0.15, 0.2) is 5.58 Å². The Bertz CT molecular complexity index is 565. The van der Waals surface area contributed by atoms with Gasteiger partial charge in [-0.15, -0.1) is 0 Å². The lowest BCUT2D eigenvalue weighted by Crippen LogP contribution is -2.16. The van der Waals surface area contributed by atoms with Gasteiger partial charge in [-0.3, -0.25) is 0 Å². The topological polar surface area (TPSA) is 78.1 Å². The molecule has 4 nitrogen and oxygen atoms in total. The molecular weight excluding hydrogens is 313 g/mol. The van der Waals surface area contributed by atoms with Crippen LogP contribution >= 0.6 is 12.6 Å². The molecule has 0 unspecified atom stereocenters. The largest absolute Gasteiger partial charge is 0.424 e. The Balaban J connectivity index is 0.000000194. The molecule has 6 heteroatoms. The first-order valence-corrected chi connectivity index (χ1v) is 8.63. The number of halogens is 1. The normalized spacial score (nSPS) is 14.9. The van der Waals surface area contributed by atoms with E-state index in [0.717, 1.165) is 12.5 Å². The van der Waals surface area contributed by atoms with Gasteiger partial charge in [0, 0.05) is 6.07 Å². The zero-order chi connectivity index (χ0) is 17.2. The van der Waals surface area contributed by atoms with Crippen molar-refractivity contribution >= 4 is 29.7 Å². The van der Waals surface area contributed by atoms with E-state index < -0.39 is 0 Å². The van der Waals surface area contributed by atoms with Crippen LogP contribution in [0.2, 0.25) is 0 Å². The highest BCUT2D eigenvalue weighted by molar-refractivity contribution is 7.80. The number of nitrogen functional groups attached to an aromatic ring is 1. The molecule has 0 aliphatic heterocycles. The summed E-state index contributed by atoms with van der Waals surface area (Å²) in [5.41, 5.74) is 11.7. The number of oxazole rings is 1. The van der Waals surface area contributed by atoms with Crippen LogP contribution in [0.5, 0.6) is 0 Å². The second-order valence-electron chi connectivity index (χ2n) is 6.00. The molecule has 130 valence electrons. The number of nitrogens with two attached hydrogens (primary N) is 2. The van der Waals surface area contributed by atoms with Crippen LogP contribution < -0.4 is 11.5 Å². The molecule has 0 spiro atoms. The zero-order valence-corrected chi connectivity index (χ0v) is 14.9. The summed E-state index contributed by atoms with van der Waals surface area (Å²) in [6.45, 7) is 4.98. The van der Waals surface area contributed by atoms with E-state index in [2.05, 4.69) is 17.6 Å². The fourth-order valence-corrected chi connectivity index (χ4v) is 2.34. The van der Waals surface area contributed by atoms with Gasteiger partial charge in [-0.05, 0) is 42.7 Å². The Kier molecular flexibility index (Phi) is 9.02. The van der Waals surface area contributed by atoms with Gasteiger partial charge >= 0.3 is 0 Å². The van der Waals surface area contributed by atoms with Crippen molar-refractivity contribution in [2.45, 2.75) is 51.2 Å². The van der Waals surface area contributed by atoms with Crippen LogP contribution in [-0.4, -0.2) is 16.8 Å². The first-order valence-electron chi connectivity index (χ1n) is 8.12. The maximum Gasteiger partial charge on any atom is 0.292 e. The van der Waals surface area contributed by atoms with Crippen LogP contribution in [0.3, 0.4) is 0 Å². The van der Waals surface area contributed by atoms with E-state index in [1.807, 2.05) is 13.8 Å². The lowest BCUT2D eigenvalue weighted by Gasteiger charge is -2.18. The summed E-state index contributed by atoms with van der Waals surface area (Å²) >= 11 is 3.97. The Labute approximate surface area is 143 Å². The number of benzene rings is 1. The highest BCUT2D eigenvalue weighted by Crippen LogP contribution is 2.21. The molecule has 23 heavy (non-hydrogen) atoms. The van der Waals surface area contributed by atoms with E-state index in [1.165, 1.54) is 50.3 Å². The third kappa shape index (κ3) is 8.23. The number of fused-ring (bicyclic) bond motifs is 1. The molecule has 1 aromatic heterocycles. The average molecular weight is 341 g/mol. The lowest BCUT2D eigenvalue weighted by molar-refractivity contribution is 0.366. The van der Waals surface area contributed by atoms with Gasteiger partial charge in [0.1, 0.15) is 11.3 Å². The Morgan fingerprint density at radius 3 is 2.43 bits per heavy atom. The SMILES string of the molecule is CC(C)S.NCC1CCCCC1.Nc1nc2cc(F)ccc2o1. The van der Waals surface area contributed by atoms with E-state index in [-0.39, 0.29) is 11.8 Å². The molecular formula is C17H28FN3OS. The molecule has 0 saturated heterocycles. The van der Waals surface area contributed by atoms with E-state index in [9.17, 15) is 4.39 Å². The van der Waals surface area contributed by atoms with Crippen molar-refractivity contribution in [3.05, 3.63) is 24.0 Å². The minimum absolute atomic E-state index is 0.0607. The van der Waals surface area contributed by atoms with Gasteiger partial charge in [0.05, 0.1) is 0 Å². The number of hydrogen-bond acceptors (Lipinski definition) is 5. The van der Waals surface area contributed by atoms with Crippen LogP contribution in [0.4, 0.5) is 10.4 Å². The predicted octanol–water partition coefficient (Wildman–Crippen LogP) is 4.40. The van der Waals surface area contributed by atoms with Gasteiger partial charge in [-0.2, -0.15) is 17.6 Å². The standard InChI is InChI=1S/C7H5FN2O.C7H15N.C3H8S/c8-4-1-2-6-5(3-4)10-7(9)11-6;8-6-7-4-2-1-3-5-7;1-3(2)4/h1-3H,(H2,9,10);7H,1-6,8H2;3-4H,1-2H3. The van der Waals surface area contributed by atoms with Crippen molar-refractivity contribution in [3.8, 4) is 0 Å². The Morgan fingerprint density at radius 1 is 1.30 bits per heavy atom. The zero-order valence-electron chi connectivity index (χ0n) is 14.0. The molecule has 1 aliphatic carbocycles. The van der Waals surface area contributed by atoms with Crippen molar-refractivity contribution in [2.24, 2.45) is 11.7 Å². The summed E-state index contributed by atoms with van der Waals surface area (Å²) in [6.07, 6.45) is 7.05. The molecule has 3 rings (SSSR count). The highest BCUT2D eigenvalue weighted by Gasteiger charge is 2.09. The van der Waals surface area contributed by atoms with E-state index in [1.54, 1.807) is 0 Å². The summed E-state index contributed by atoms with van der Waals surface area (Å²) in [4.78, 5) is 3.75. The van der Waals surface area contributed by atoms with Gasteiger partial charge in [-0.25, -0.2) is 4.39 Å². The van der Waals surface area contributed by atoms with Crippen LogP contribution in [0, 0.1) is 11.7 Å². The Morgan fingerprint density at radius 2 is 1.91 bits per heavy atom. The van der Waals surface area contributed by atoms with E-state index >= 15 is 0 Å². The van der Waals surface area contributed by atoms with Crippen molar-refractivity contribution < 1.29 is 8.81 Å². The molecule has 0 amide bonds. The van der Waals surface area contributed by atoms with Crippen LogP contribution in [0.25, 0.3) is 11.1 Å². The van der Waals surface area contributed by atoms with Crippen molar-refractivity contribution in [1.29, 1.82) is 0 Å². The second kappa shape index (κ2) is 10.5. The third-order valence-electron chi connectivity index (χ3n) is 3.42. The maximum absolute atomic E-state index is 12.5. The summed E-state index contributed by atoms with van der Waals surface area (Å²) < 4.78 is 17.4. The number of aromatic nitrogens is 1. The molecule has 1 aromatic carbocycles.